The standard InChI is InChI=1S/C28H34ClN5O2/c1-26(2,3)36-25(35)34(18-19-7-5-4-6-8-19)28-13-10-27(11-14-28,12-15-28)23(33-30)22-20-9-16-31-24(20)32-17-21(22)29/h4-9,16-17H,10-15,18,30H2,1-3H3,(H,31,32)/b33-23+. The molecule has 0 unspecified atom stereocenters. The lowest BCUT2D eigenvalue weighted by atomic mass is 9.54. The van der Waals surface area contributed by atoms with Crippen molar-refractivity contribution in [1.82, 2.24) is 14.9 Å². The number of fused-ring (bicyclic) bond motifs is 4. The van der Waals surface area contributed by atoms with Crippen LogP contribution in [-0.2, 0) is 11.3 Å². The Labute approximate surface area is 217 Å². The average molecular weight is 508 g/mol. The minimum atomic E-state index is -0.560. The molecule has 0 spiro atoms. The Morgan fingerprint density at radius 3 is 2.42 bits per heavy atom. The smallest absolute Gasteiger partial charge is 0.411 e. The van der Waals surface area contributed by atoms with E-state index in [1.54, 1.807) is 6.20 Å². The SMILES string of the molecule is CC(C)(C)OC(=O)N(Cc1ccccc1)C12CCC(/C(=N/N)c3c(Cl)cnc4[nH]ccc34)(CC1)CC2. The predicted molar refractivity (Wildman–Crippen MR) is 143 cm³/mol. The summed E-state index contributed by atoms with van der Waals surface area (Å²) < 4.78 is 5.90. The van der Waals surface area contributed by atoms with Crippen LogP contribution >= 0.6 is 11.6 Å². The molecule has 3 aliphatic carbocycles. The van der Waals surface area contributed by atoms with Crippen LogP contribution in [-0.4, -0.2) is 37.8 Å². The number of carbonyl (C=O) groups excluding carboxylic acids is 1. The number of pyridine rings is 1. The van der Waals surface area contributed by atoms with Crippen LogP contribution in [0.15, 0.2) is 53.9 Å². The van der Waals surface area contributed by atoms with Crippen molar-refractivity contribution in [2.24, 2.45) is 16.4 Å². The lowest BCUT2D eigenvalue weighted by Gasteiger charge is -2.57. The van der Waals surface area contributed by atoms with Gasteiger partial charge in [0.15, 0.2) is 0 Å². The topological polar surface area (TPSA) is 96.6 Å². The number of nitrogens with zero attached hydrogens (tertiary/aromatic N) is 3. The Bertz CT molecular complexity index is 1270. The van der Waals surface area contributed by atoms with E-state index in [0.29, 0.717) is 11.6 Å². The van der Waals surface area contributed by atoms with Crippen molar-refractivity contribution in [3.05, 3.63) is 64.9 Å². The van der Waals surface area contributed by atoms with Gasteiger partial charge in [-0.05, 0) is 70.9 Å². The van der Waals surface area contributed by atoms with Crippen molar-refractivity contribution in [3.8, 4) is 0 Å². The first-order valence-corrected chi connectivity index (χ1v) is 13.0. The molecule has 3 aromatic rings. The lowest BCUT2D eigenvalue weighted by molar-refractivity contribution is -0.0512. The Kier molecular flexibility index (Phi) is 6.23. The van der Waals surface area contributed by atoms with Crippen LogP contribution in [0, 0.1) is 5.41 Å². The van der Waals surface area contributed by atoms with E-state index in [2.05, 4.69) is 27.2 Å². The number of aromatic amines is 1. The number of nitrogens with one attached hydrogen (secondary N) is 1. The molecular formula is C28H34ClN5O2. The van der Waals surface area contributed by atoms with Gasteiger partial charge >= 0.3 is 6.09 Å². The maximum Gasteiger partial charge on any atom is 0.411 e. The number of hydrogen-bond acceptors (Lipinski definition) is 5. The third-order valence-corrected chi connectivity index (χ3v) is 8.27. The molecule has 0 saturated heterocycles. The molecule has 6 rings (SSSR count). The van der Waals surface area contributed by atoms with Crippen molar-refractivity contribution in [2.45, 2.75) is 77.0 Å². The summed E-state index contributed by atoms with van der Waals surface area (Å²) in [7, 11) is 0. The van der Waals surface area contributed by atoms with E-state index >= 15 is 0 Å². The van der Waals surface area contributed by atoms with Gasteiger partial charge in [-0.3, -0.25) is 4.90 Å². The van der Waals surface area contributed by atoms with Crippen LogP contribution in [0.5, 0.6) is 0 Å². The molecule has 3 fully saturated rings. The second kappa shape index (κ2) is 9.11. The summed E-state index contributed by atoms with van der Waals surface area (Å²) >= 11 is 6.67. The molecule has 7 nitrogen and oxygen atoms in total. The minimum Gasteiger partial charge on any atom is -0.444 e. The van der Waals surface area contributed by atoms with Gasteiger partial charge in [-0.1, -0.05) is 41.9 Å². The summed E-state index contributed by atoms with van der Waals surface area (Å²) in [5.41, 5.74) is 2.58. The number of benzene rings is 1. The van der Waals surface area contributed by atoms with Gasteiger partial charge in [0.05, 0.1) is 10.7 Å². The van der Waals surface area contributed by atoms with Crippen LogP contribution in [0.3, 0.4) is 0 Å². The van der Waals surface area contributed by atoms with Crippen LogP contribution in [0.2, 0.25) is 5.02 Å². The average Bonchev–Trinajstić information content (AvgIpc) is 3.34. The van der Waals surface area contributed by atoms with Gasteiger partial charge in [-0.15, -0.1) is 0 Å². The zero-order valence-electron chi connectivity index (χ0n) is 21.2. The fourth-order valence-corrected chi connectivity index (χ4v) is 6.37. The first-order valence-electron chi connectivity index (χ1n) is 12.6. The van der Waals surface area contributed by atoms with E-state index in [-0.39, 0.29) is 17.0 Å². The number of aromatic nitrogens is 2. The molecule has 8 heteroatoms. The summed E-state index contributed by atoms with van der Waals surface area (Å²) in [6.07, 6.45) is 8.48. The Balaban J connectivity index is 1.46. The summed E-state index contributed by atoms with van der Waals surface area (Å²) in [6, 6.07) is 12.1. The van der Waals surface area contributed by atoms with Gasteiger partial charge in [-0.25, -0.2) is 9.78 Å². The van der Waals surface area contributed by atoms with Crippen LogP contribution in [0.25, 0.3) is 11.0 Å². The maximum absolute atomic E-state index is 13.5. The van der Waals surface area contributed by atoms with Gasteiger partial charge in [-0.2, -0.15) is 5.10 Å². The first-order chi connectivity index (χ1) is 17.2. The quantitative estimate of drug-likeness (QED) is 0.237. The van der Waals surface area contributed by atoms with Crippen molar-refractivity contribution >= 4 is 34.4 Å². The highest BCUT2D eigenvalue weighted by Crippen LogP contribution is 2.57. The summed E-state index contributed by atoms with van der Waals surface area (Å²) in [5.74, 6) is 6.07. The molecule has 0 aliphatic heterocycles. The van der Waals surface area contributed by atoms with Gasteiger partial charge in [0.2, 0.25) is 0 Å². The number of amides is 1. The number of hydrogen-bond donors (Lipinski definition) is 2. The molecule has 1 aromatic carbocycles. The van der Waals surface area contributed by atoms with Crippen LogP contribution in [0.1, 0.15) is 70.4 Å². The molecule has 3 N–H and O–H groups in total. The number of nitrogens with two attached hydrogens (primary N) is 1. The second-order valence-corrected chi connectivity index (χ2v) is 11.7. The van der Waals surface area contributed by atoms with Gasteiger partial charge < -0.3 is 15.6 Å². The molecule has 2 bridgehead atoms. The number of ether oxygens (including phenoxy) is 1. The fraction of sp³-hybridized carbons (Fsp3) is 0.464. The third kappa shape index (κ3) is 4.34. The van der Waals surface area contributed by atoms with Crippen molar-refractivity contribution in [2.75, 3.05) is 0 Å². The van der Waals surface area contributed by atoms with Gasteiger partial charge in [0, 0.05) is 40.8 Å². The van der Waals surface area contributed by atoms with E-state index in [9.17, 15) is 4.79 Å². The molecule has 190 valence electrons. The molecule has 1 amide bonds. The van der Waals surface area contributed by atoms with E-state index in [1.807, 2.05) is 56.1 Å². The predicted octanol–water partition coefficient (Wildman–Crippen LogP) is 6.41. The largest absolute Gasteiger partial charge is 0.444 e. The number of halogens is 1. The molecule has 36 heavy (non-hydrogen) atoms. The van der Waals surface area contributed by atoms with E-state index in [0.717, 1.165) is 66.4 Å². The second-order valence-electron chi connectivity index (χ2n) is 11.3. The molecule has 0 atom stereocenters. The molecule has 2 aromatic heterocycles. The number of rotatable bonds is 5. The summed E-state index contributed by atoms with van der Waals surface area (Å²) in [4.78, 5) is 23.1. The van der Waals surface area contributed by atoms with Crippen molar-refractivity contribution in [3.63, 3.8) is 0 Å². The zero-order valence-corrected chi connectivity index (χ0v) is 21.9. The van der Waals surface area contributed by atoms with E-state index < -0.39 is 5.60 Å². The molecule has 3 aliphatic rings. The number of H-pyrrole nitrogens is 1. The number of hydrazone groups is 1. The summed E-state index contributed by atoms with van der Waals surface area (Å²) in [6.45, 7) is 6.28. The molecule has 0 radical (unpaired) electrons. The molecule has 2 heterocycles. The van der Waals surface area contributed by atoms with E-state index in [1.165, 1.54) is 0 Å². The monoisotopic (exact) mass is 507 g/mol. The Morgan fingerprint density at radius 2 is 1.81 bits per heavy atom. The van der Waals surface area contributed by atoms with E-state index in [4.69, 9.17) is 22.2 Å². The fourth-order valence-electron chi connectivity index (χ4n) is 6.13. The molecule has 3 saturated carbocycles. The number of carbonyl (C=O) groups is 1. The van der Waals surface area contributed by atoms with Crippen molar-refractivity contribution < 1.29 is 9.53 Å². The van der Waals surface area contributed by atoms with Crippen molar-refractivity contribution in [1.29, 1.82) is 0 Å². The Hall–Kier alpha value is -3.06. The lowest BCUT2D eigenvalue weighted by Crippen LogP contribution is -2.60. The Morgan fingerprint density at radius 1 is 1.14 bits per heavy atom. The highest BCUT2D eigenvalue weighted by molar-refractivity contribution is 6.36. The minimum absolute atomic E-state index is 0.182. The third-order valence-electron chi connectivity index (χ3n) is 7.99. The highest BCUT2D eigenvalue weighted by atomic mass is 35.5. The van der Waals surface area contributed by atoms with Gasteiger partial charge in [0.1, 0.15) is 11.2 Å². The zero-order chi connectivity index (χ0) is 25.6. The van der Waals surface area contributed by atoms with Crippen LogP contribution < -0.4 is 5.84 Å². The first kappa shape index (κ1) is 24.6. The highest BCUT2D eigenvalue weighted by Gasteiger charge is 2.55. The van der Waals surface area contributed by atoms with Crippen LogP contribution in [0.4, 0.5) is 4.79 Å². The molecular weight excluding hydrogens is 474 g/mol. The normalized spacial score (nSPS) is 24.2. The maximum atomic E-state index is 13.5. The summed E-state index contributed by atoms with van der Waals surface area (Å²) in [5, 5.41) is 5.84. The van der Waals surface area contributed by atoms with Gasteiger partial charge in [0.25, 0.3) is 0 Å².